The molecule has 2 rings (SSSR count). The molecule has 2 atom stereocenters. The molecule has 1 heteroatoms. The molecule has 2 unspecified atom stereocenters. The molecule has 0 N–H and O–H groups in total. The van der Waals surface area contributed by atoms with E-state index in [9.17, 15) is 0 Å². The molecule has 148 valence electrons. The summed E-state index contributed by atoms with van der Waals surface area (Å²) in [4.78, 5) is 0. The molecule has 2 aliphatic carbocycles. The first kappa shape index (κ1) is 22.9. The maximum atomic E-state index is 2.58. The van der Waals surface area contributed by atoms with E-state index in [1.54, 1.807) is 22.3 Å². The van der Waals surface area contributed by atoms with Crippen LogP contribution in [0.4, 0.5) is 0 Å². The van der Waals surface area contributed by atoms with Crippen molar-refractivity contribution in [3.63, 3.8) is 0 Å². The van der Waals surface area contributed by atoms with E-state index in [1.807, 2.05) is 0 Å². The van der Waals surface area contributed by atoms with Crippen LogP contribution < -0.4 is 0 Å². The third-order valence-corrected chi connectivity index (χ3v) is 14.0. The summed E-state index contributed by atoms with van der Waals surface area (Å²) >= 11 is -0.977. The van der Waals surface area contributed by atoms with Crippen LogP contribution in [0.5, 0.6) is 0 Å². The van der Waals surface area contributed by atoms with Crippen molar-refractivity contribution < 1.29 is 17.1 Å². The molecular formula is C26H42Zn. The van der Waals surface area contributed by atoms with Crippen LogP contribution in [0.2, 0.25) is 8.02 Å². The summed E-state index contributed by atoms with van der Waals surface area (Å²) in [5.41, 5.74) is 7.20. The molecule has 0 saturated carbocycles. The van der Waals surface area contributed by atoms with Crippen LogP contribution in [0, 0.1) is 10.8 Å². The summed E-state index contributed by atoms with van der Waals surface area (Å²) in [7, 11) is 0. The van der Waals surface area contributed by atoms with Gasteiger partial charge in [0.05, 0.1) is 0 Å². The molecule has 0 spiro atoms. The normalized spacial score (nSPS) is 28.5. The van der Waals surface area contributed by atoms with Crippen molar-refractivity contribution in [2.24, 2.45) is 10.8 Å². The Morgan fingerprint density at radius 3 is 1.37 bits per heavy atom. The second-order valence-corrected chi connectivity index (χ2v) is 17.9. The summed E-state index contributed by atoms with van der Waals surface area (Å²) in [6.45, 7) is 24.3. The van der Waals surface area contributed by atoms with Gasteiger partial charge in [-0.25, -0.2) is 0 Å². The van der Waals surface area contributed by atoms with Gasteiger partial charge in [0.15, 0.2) is 0 Å². The molecule has 2 aliphatic rings. The molecule has 0 aromatic carbocycles. The number of hydrogen-bond acceptors (Lipinski definition) is 0. The third kappa shape index (κ3) is 4.29. The van der Waals surface area contributed by atoms with Crippen LogP contribution in [0.3, 0.4) is 0 Å². The van der Waals surface area contributed by atoms with E-state index in [4.69, 9.17) is 0 Å². The van der Waals surface area contributed by atoms with Gasteiger partial charge in [-0.3, -0.25) is 0 Å². The Balaban J connectivity index is 2.35. The Hall–Kier alpha value is -0.417. The van der Waals surface area contributed by atoms with Gasteiger partial charge in [-0.2, -0.15) is 0 Å². The molecule has 0 nitrogen and oxygen atoms in total. The van der Waals surface area contributed by atoms with Gasteiger partial charge in [0, 0.05) is 0 Å². The van der Waals surface area contributed by atoms with E-state index in [2.05, 4.69) is 93.5 Å². The van der Waals surface area contributed by atoms with E-state index < -0.39 is 17.1 Å². The molecule has 0 heterocycles. The molecule has 0 amide bonds. The molecule has 0 aromatic heterocycles. The Bertz CT molecular complexity index is 638. The Kier molecular flexibility index (Phi) is 6.59. The fourth-order valence-corrected chi connectivity index (χ4v) is 11.9. The molecular weight excluding hydrogens is 378 g/mol. The minimum atomic E-state index is -0.977. The fourth-order valence-electron chi connectivity index (χ4n) is 5.78. The van der Waals surface area contributed by atoms with Gasteiger partial charge in [0.2, 0.25) is 0 Å². The Morgan fingerprint density at radius 2 is 1.07 bits per heavy atom. The zero-order chi connectivity index (χ0) is 20.7. The van der Waals surface area contributed by atoms with Gasteiger partial charge in [0.1, 0.15) is 0 Å². The van der Waals surface area contributed by atoms with Crippen LogP contribution in [-0.2, 0) is 17.1 Å². The number of hydrogen-bond donors (Lipinski definition) is 0. The van der Waals surface area contributed by atoms with Gasteiger partial charge in [0.25, 0.3) is 0 Å². The van der Waals surface area contributed by atoms with E-state index in [0.717, 1.165) is 0 Å². The first-order chi connectivity index (χ1) is 12.3. The summed E-state index contributed by atoms with van der Waals surface area (Å²) in [5, 5.41) is 0. The Labute approximate surface area is 177 Å². The van der Waals surface area contributed by atoms with E-state index >= 15 is 0 Å². The van der Waals surface area contributed by atoms with Gasteiger partial charge >= 0.3 is 177 Å². The number of rotatable bonds is 8. The monoisotopic (exact) mass is 418 g/mol. The molecule has 0 bridgehead atoms. The molecule has 27 heavy (non-hydrogen) atoms. The second kappa shape index (κ2) is 7.78. The maximum absolute atomic E-state index is 2.58. The van der Waals surface area contributed by atoms with Crippen molar-refractivity contribution in [2.45, 2.75) is 103 Å². The molecule has 0 radical (unpaired) electrons. The quantitative estimate of drug-likeness (QED) is 0.344. The molecule has 0 saturated heterocycles. The summed E-state index contributed by atoms with van der Waals surface area (Å²) in [6, 6.07) is 0. The Morgan fingerprint density at radius 1 is 0.741 bits per heavy atom. The topological polar surface area (TPSA) is 0 Å². The van der Waals surface area contributed by atoms with Gasteiger partial charge < -0.3 is 0 Å². The fraction of sp³-hybridized carbons (Fsp3) is 0.692. The summed E-state index contributed by atoms with van der Waals surface area (Å²) < 4.78 is 0.691. The van der Waals surface area contributed by atoms with Gasteiger partial charge in [-0.1, -0.05) is 0 Å². The molecule has 0 fully saturated rings. The second-order valence-electron chi connectivity index (χ2n) is 11.0. The SMILES string of the molecule is CCCC(C)(C)C1=C(C)[C](C)([Zn][C]2(C)C=CC(C(C)(C)CCC)=C2C)C=C1. The molecule has 0 aromatic rings. The zero-order valence-electron chi connectivity index (χ0n) is 19.8. The van der Waals surface area contributed by atoms with Crippen molar-refractivity contribution >= 4 is 0 Å². The van der Waals surface area contributed by atoms with E-state index in [-0.39, 0.29) is 0 Å². The van der Waals surface area contributed by atoms with Crippen molar-refractivity contribution in [1.29, 1.82) is 0 Å². The van der Waals surface area contributed by atoms with Crippen LogP contribution in [-0.4, -0.2) is 0 Å². The third-order valence-electron chi connectivity index (χ3n) is 7.70. The van der Waals surface area contributed by atoms with Crippen molar-refractivity contribution in [1.82, 2.24) is 0 Å². The minimum absolute atomic E-state index is 0.306. The predicted molar refractivity (Wildman–Crippen MR) is 118 cm³/mol. The van der Waals surface area contributed by atoms with Crippen LogP contribution in [0.15, 0.2) is 46.6 Å². The van der Waals surface area contributed by atoms with Crippen LogP contribution in [0.25, 0.3) is 0 Å². The standard InChI is InChI=1S/2C13H21.Zn/c2*1-6-9-13(4,5)12-8-7-10(2)11(12)3;/h2*7-8H,6,9H2,1-5H3;. The number of allylic oxidation sites excluding steroid dienone is 8. The van der Waals surface area contributed by atoms with Crippen molar-refractivity contribution in [2.75, 3.05) is 0 Å². The van der Waals surface area contributed by atoms with Crippen molar-refractivity contribution in [3.8, 4) is 0 Å². The zero-order valence-corrected chi connectivity index (χ0v) is 22.8. The van der Waals surface area contributed by atoms with Crippen molar-refractivity contribution in [3.05, 3.63) is 46.6 Å². The first-order valence-electron chi connectivity index (χ1n) is 11.1. The predicted octanol–water partition coefficient (Wildman–Crippen LogP) is 8.85. The van der Waals surface area contributed by atoms with E-state index in [1.165, 1.54) is 25.7 Å². The van der Waals surface area contributed by atoms with Gasteiger partial charge in [-0.05, 0) is 0 Å². The molecule has 0 aliphatic heterocycles. The average molecular weight is 420 g/mol. The average Bonchev–Trinajstić information content (AvgIpc) is 2.98. The van der Waals surface area contributed by atoms with Gasteiger partial charge in [-0.15, -0.1) is 0 Å². The first-order valence-corrected chi connectivity index (χ1v) is 14.1. The van der Waals surface area contributed by atoms with Crippen LogP contribution in [0.1, 0.15) is 94.9 Å². The summed E-state index contributed by atoms with van der Waals surface area (Å²) in [6.07, 6.45) is 15.2. The van der Waals surface area contributed by atoms with Crippen LogP contribution >= 0.6 is 0 Å². The summed E-state index contributed by atoms with van der Waals surface area (Å²) in [5.74, 6) is 0. The van der Waals surface area contributed by atoms with E-state index in [0.29, 0.717) is 18.8 Å².